The molecular weight excluding hydrogens is 226 g/mol. The third-order valence-electron chi connectivity index (χ3n) is 2.43. The van der Waals surface area contributed by atoms with Gasteiger partial charge in [-0.1, -0.05) is 0 Å². The van der Waals surface area contributed by atoms with Crippen molar-refractivity contribution in [2.45, 2.75) is 6.42 Å². The number of hydrogen-bond donors (Lipinski definition) is 3. The molecule has 1 saturated heterocycles. The van der Waals surface area contributed by atoms with E-state index in [0.29, 0.717) is 0 Å². The van der Waals surface area contributed by atoms with Gasteiger partial charge in [0.05, 0.1) is 5.92 Å². The predicted molar refractivity (Wildman–Crippen MR) is 58.3 cm³/mol. The lowest BCUT2D eigenvalue weighted by Crippen LogP contribution is -2.30. The molecule has 90 valence electrons. The first-order valence-electron chi connectivity index (χ1n) is 4.84. The summed E-state index contributed by atoms with van der Waals surface area (Å²) in [7, 11) is 0. The Morgan fingerprint density at radius 3 is 2.29 bits per heavy atom. The van der Waals surface area contributed by atoms with E-state index in [9.17, 15) is 9.59 Å². The van der Waals surface area contributed by atoms with Gasteiger partial charge >= 0.3 is 0 Å². The summed E-state index contributed by atoms with van der Waals surface area (Å²) in [5.74, 6) is -1.48. The van der Waals surface area contributed by atoms with Gasteiger partial charge in [-0.3, -0.25) is 14.5 Å². The number of aromatic nitrogens is 3. The molecule has 2 amide bonds. The number of nitrogens with zero attached hydrogens (tertiary/aromatic N) is 4. The van der Waals surface area contributed by atoms with Crippen molar-refractivity contribution in [1.29, 1.82) is 0 Å². The van der Waals surface area contributed by atoms with Crippen LogP contribution in [0.1, 0.15) is 6.42 Å². The Labute approximate surface area is 96.0 Å². The van der Waals surface area contributed by atoms with Crippen molar-refractivity contribution in [2.24, 2.45) is 11.7 Å². The van der Waals surface area contributed by atoms with Crippen LogP contribution in [0.2, 0.25) is 0 Å². The van der Waals surface area contributed by atoms with E-state index in [1.165, 1.54) is 4.90 Å². The van der Waals surface area contributed by atoms with Gasteiger partial charge in [-0.2, -0.15) is 15.0 Å². The maximum Gasteiger partial charge on any atom is 0.238 e. The Bertz CT molecular complexity index is 469. The minimum Gasteiger partial charge on any atom is -0.369 e. The fourth-order valence-corrected chi connectivity index (χ4v) is 1.61. The van der Waals surface area contributed by atoms with Crippen LogP contribution in [-0.4, -0.2) is 33.3 Å². The lowest BCUT2D eigenvalue weighted by atomic mass is 10.1. The number of nitrogens with two attached hydrogens (primary N) is 3. The topological polar surface area (TPSA) is 154 Å². The number of nitrogen functional groups attached to an aromatic ring is 2. The highest BCUT2D eigenvalue weighted by Gasteiger charge is 2.35. The van der Waals surface area contributed by atoms with E-state index >= 15 is 0 Å². The molecule has 0 saturated carbocycles. The van der Waals surface area contributed by atoms with Crippen molar-refractivity contribution in [3.8, 4) is 0 Å². The van der Waals surface area contributed by atoms with Gasteiger partial charge in [0.2, 0.25) is 29.7 Å². The van der Waals surface area contributed by atoms with Gasteiger partial charge in [-0.05, 0) is 0 Å². The van der Waals surface area contributed by atoms with Crippen LogP contribution < -0.4 is 22.1 Å². The molecule has 0 bridgehead atoms. The molecular formula is C8H11N7O2. The van der Waals surface area contributed by atoms with Crippen molar-refractivity contribution >= 4 is 29.7 Å². The molecule has 2 heterocycles. The van der Waals surface area contributed by atoms with Crippen LogP contribution in [-0.2, 0) is 9.59 Å². The number of carbonyl (C=O) groups excluding carboxylic acids is 2. The fraction of sp³-hybridized carbons (Fsp3) is 0.375. The van der Waals surface area contributed by atoms with Crippen LogP contribution in [0.5, 0.6) is 0 Å². The number of primary amides is 1. The number of hydrogen-bond acceptors (Lipinski definition) is 7. The molecule has 1 aliphatic heterocycles. The molecule has 1 aromatic rings. The molecule has 17 heavy (non-hydrogen) atoms. The Kier molecular flexibility index (Phi) is 2.50. The first-order chi connectivity index (χ1) is 7.97. The van der Waals surface area contributed by atoms with Gasteiger partial charge in [0, 0.05) is 13.0 Å². The highest BCUT2D eigenvalue weighted by molar-refractivity contribution is 5.98. The summed E-state index contributed by atoms with van der Waals surface area (Å²) in [4.78, 5) is 35.0. The molecule has 9 heteroatoms. The van der Waals surface area contributed by atoms with Crippen molar-refractivity contribution in [1.82, 2.24) is 15.0 Å². The number of anilines is 3. The van der Waals surface area contributed by atoms with Crippen LogP contribution in [0.3, 0.4) is 0 Å². The molecule has 0 radical (unpaired) electrons. The monoisotopic (exact) mass is 237 g/mol. The first-order valence-corrected chi connectivity index (χ1v) is 4.84. The summed E-state index contributed by atoms with van der Waals surface area (Å²) in [5, 5.41) is 0. The second-order valence-electron chi connectivity index (χ2n) is 3.66. The van der Waals surface area contributed by atoms with Gasteiger partial charge in [-0.15, -0.1) is 0 Å². The average molecular weight is 237 g/mol. The number of rotatable bonds is 2. The van der Waals surface area contributed by atoms with E-state index < -0.39 is 11.8 Å². The minimum absolute atomic E-state index is 0.0425. The zero-order valence-electron chi connectivity index (χ0n) is 8.83. The minimum atomic E-state index is -0.540. The van der Waals surface area contributed by atoms with E-state index in [-0.39, 0.29) is 36.7 Å². The van der Waals surface area contributed by atoms with Gasteiger partial charge < -0.3 is 17.2 Å². The molecule has 1 fully saturated rings. The van der Waals surface area contributed by atoms with Crippen LogP contribution >= 0.6 is 0 Å². The molecule has 6 N–H and O–H groups in total. The second kappa shape index (κ2) is 3.85. The fourth-order valence-electron chi connectivity index (χ4n) is 1.61. The van der Waals surface area contributed by atoms with Gasteiger partial charge in [0.25, 0.3) is 0 Å². The molecule has 0 aromatic carbocycles. The summed E-state index contributed by atoms with van der Waals surface area (Å²) < 4.78 is 0. The Hall–Kier alpha value is -2.45. The van der Waals surface area contributed by atoms with E-state index in [2.05, 4.69) is 15.0 Å². The molecule has 1 aromatic heterocycles. The third kappa shape index (κ3) is 2.07. The molecule has 0 aliphatic carbocycles. The molecule has 1 atom stereocenters. The van der Waals surface area contributed by atoms with Crippen molar-refractivity contribution in [3.63, 3.8) is 0 Å². The zero-order chi connectivity index (χ0) is 12.6. The van der Waals surface area contributed by atoms with E-state index in [0.717, 1.165) is 0 Å². The summed E-state index contributed by atoms with van der Waals surface area (Å²) >= 11 is 0. The van der Waals surface area contributed by atoms with Gasteiger partial charge in [0.1, 0.15) is 0 Å². The van der Waals surface area contributed by atoms with Crippen molar-refractivity contribution in [2.75, 3.05) is 22.9 Å². The summed E-state index contributed by atoms with van der Waals surface area (Å²) in [6, 6.07) is 0. The van der Waals surface area contributed by atoms with Gasteiger partial charge in [-0.25, -0.2) is 0 Å². The molecule has 1 aliphatic rings. The van der Waals surface area contributed by atoms with E-state index in [1.54, 1.807) is 0 Å². The lowest BCUT2D eigenvalue weighted by molar-refractivity contribution is -0.123. The standard InChI is InChI=1S/C8H11N7O2/c9-5(17)3-1-4(16)15(2-3)8-13-6(10)12-7(11)14-8/h3H,1-2H2,(H2,9,17)(H4,10,11,12,13,14). The number of carbonyl (C=O) groups is 2. The Balaban J connectivity index is 2.28. The first kappa shape index (κ1) is 11.0. The maximum absolute atomic E-state index is 11.6. The Morgan fingerprint density at radius 1 is 1.24 bits per heavy atom. The molecule has 9 nitrogen and oxygen atoms in total. The van der Waals surface area contributed by atoms with E-state index in [1.807, 2.05) is 0 Å². The third-order valence-corrected chi connectivity index (χ3v) is 2.43. The SMILES string of the molecule is NC(=O)C1CC(=O)N(c2nc(N)nc(N)n2)C1. The van der Waals surface area contributed by atoms with Gasteiger partial charge in [0.15, 0.2) is 0 Å². The van der Waals surface area contributed by atoms with Crippen LogP contribution in [0, 0.1) is 5.92 Å². The van der Waals surface area contributed by atoms with Crippen LogP contribution in [0.15, 0.2) is 0 Å². The highest BCUT2D eigenvalue weighted by atomic mass is 16.2. The molecule has 1 unspecified atom stereocenters. The smallest absolute Gasteiger partial charge is 0.238 e. The summed E-state index contributed by atoms with van der Waals surface area (Å²) in [6.07, 6.45) is 0.0425. The quantitative estimate of drug-likeness (QED) is 0.530. The van der Waals surface area contributed by atoms with Crippen molar-refractivity contribution < 1.29 is 9.59 Å². The zero-order valence-corrected chi connectivity index (χ0v) is 8.83. The maximum atomic E-state index is 11.6. The summed E-state index contributed by atoms with van der Waals surface area (Å²) in [6.45, 7) is 0.136. The normalized spacial score (nSPS) is 19.6. The van der Waals surface area contributed by atoms with E-state index in [4.69, 9.17) is 17.2 Å². The highest BCUT2D eigenvalue weighted by Crippen LogP contribution is 2.22. The van der Waals surface area contributed by atoms with Crippen LogP contribution in [0.4, 0.5) is 17.8 Å². The number of amides is 2. The largest absolute Gasteiger partial charge is 0.369 e. The lowest BCUT2D eigenvalue weighted by Gasteiger charge is -2.13. The molecule has 2 rings (SSSR count). The van der Waals surface area contributed by atoms with Crippen LogP contribution in [0.25, 0.3) is 0 Å². The Morgan fingerprint density at radius 2 is 1.82 bits per heavy atom. The van der Waals surface area contributed by atoms with Crippen molar-refractivity contribution in [3.05, 3.63) is 0 Å². The summed E-state index contributed by atoms with van der Waals surface area (Å²) in [5.41, 5.74) is 15.9. The predicted octanol–water partition coefficient (Wildman–Crippen LogP) is -2.13. The molecule has 0 spiro atoms. The average Bonchev–Trinajstić information content (AvgIpc) is 2.59. The second-order valence-corrected chi connectivity index (χ2v) is 3.66.